The highest BCUT2D eigenvalue weighted by molar-refractivity contribution is 7.99. The van der Waals surface area contributed by atoms with Gasteiger partial charge in [0.2, 0.25) is 11.8 Å². The molecule has 0 bridgehead atoms. The zero-order valence-corrected chi connectivity index (χ0v) is 12.9. The highest BCUT2D eigenvalue weighted by Crippen LogP contribution is 2.15. The molecule has 0 aliphatic carbocycles. The predicted molar refractivity (Wildman–Crippen MR) is 86.7 cm³/mol. The Balaban J connectivity index is 1.75. The van der Waals surface area contributed by atoms with E-state index in [-0.39, 0.29) is 11.8 Å². The van der Waals surface area contributed by atoms with Crippen LogP contribution in [0.1, 0.15) is 13.3 Å². The number of rotatable bonds is 6. The molecule has 0 unspecified atom stereocenters. The summed E-state index contributed by atoms with van der Waals surface area (Å²) in [4.78, 5) is 30.9. The molecule has 2 N–H and O–H groups in total. The second-order valence-electron chi connectivity index (χ2n) is 4.44. The van der Waals surface area contributed by atoms with E-state index in [2.05, 4.69) is 20.6 Å². The number of hydrogen-bond donors (Lipinski definition) is 2. The minimum atomic E-state index is -0.128. The molecule has 2 aromatic rings. The van der Waals surface area contributed by atoms with E-state index in [1.807, 2.05) is 0 Å². The number of aromatic nitrogens is 2. The highest BCUT2D eigenvalue weighted by Gasteiger charge is 2.04. The molecule has 0 radical (unpaired) electrons. The number of nitrogens with one attached hydrogen (secondary N) is 2. The maximum Gasteiger partial charge on any atom is 0.225 e. The van der Waals surface area contributed by atoms with Crippen LogP contribution in [0.2, 0.25) is 0 Å². The van der Waals surface area contributed by atoms with E-state index in [9.17, 15) is 9.59 Å². The van der Waals surface area contributed by atoms with Gasteiger partial charge in [-0.1, -0.05) is 11.8 Å². The van der Waals surface area contributed by atoms with Crippen molar-refractivity contribution in [2.45, 2.75) is 18.5 Å². The molecule has 0 fully saturated rings. The topological polar surface area (TPSA) is 84.0 Å². The molecule has 22 heavy (non-hydrogen) atoms. The van der Waals surface area contributed by atoms with E-state index < -0.39 is 0 Å². The quantitative estimate of drug-likeness (QED) is 0.632. The molecule has 0 saturated heterocycles. The molecule has 0 atom stereocenters. The van der Waals surface area contributed by atoms with Gasteiger partial charge in [-0.05, 0) is 30.3 Å². The second kappa shape index (κ2) is 8.14. The van der Waals surface area contributed by atoms with E-state index in [1.54, 1.807) is 42.7 Å². The summed E-state index contributed by atoms with van der Waals surface area (Å²) in [6.07, 6.45) is 3.72. The van der Waals surface area contributed by atoms with Crippen LogP contribution in [-0.4, -0.2) is 27.5 Å². The summed E-state index contributed by atoms with van der Waals surface area (Å²) in [7, 11) is 0. The largest absolute Gasteiger partial charge is 0.326 e. The third kappa shape index (κ3) is 5.53. The standard InChI is InChI=1S/C15H16N4O2S/c1-11(20)18-12-3-5-13(6-4-12)19-14(21)7-10-22-15-16-8-2-9-17-15/h2-6,8-9H,7,10H2,1H3,(H,18,20)(H,19,21). The van der Waals surface area contributed by atoms with Gasteiger partial charge in [0, 0.05) is 42.9 Å². The van der Waals surface area contributed by atoms with Crippen molar-refractivity contribution >= 4 is 35.0 Å². The lowest BCUT2D eigenvalue weighted by molar-refractivity contribution is -0.116. The fraction of sp³-hybridized carbons (Fsp3) is 0.200. The Hall–Kier alpha value is -2.41. The summed E-state index contributed by atoms with van der Waals surface area (Å²) < 4.78 is 0. The Morgan fingerprint density at radius 2 is 1.64 bits per heavy atom. The lowest BCUT2D eigenvalue weighted by Gasteiger charge is -2.06. The Labute approximate surface area is 132 Å². The van der Waals surface area contributed by atoms with Crippen molar-refractivity contribution in [1.82, 2.24) is 9.97 Å². The van der Waals surface area contributed by atoms with Crippen LogP contribution in [0, 0.1) is 0 Å². The molecule has 1 aromatic heterocycles. The van der Waals surface area contributed by atoms with Crippen molar-refractivity contribution in [3.63, 3.8) is 0 Å². The summed E-state index contributed by atoms with van der Waals surface area (Å²) in [6, 6.07) is 8.72. The van der Waals surface area contributed by atoms with E-state index in [0.29, 0.717) is 28.7 Å². The van der Waals surface area contributed by atoms with Gasteiger partial charge in [-0.15, -0.1) is 0 Å². The molecular weight excluding hydrogens is 300 g/mol. The smallest absolute Gasteiger partial charge is 0.225 e. The fourth-order valence-corrected chi connectivity index (χ4v) is 2.40. The lowest BCUT2D eigenvalue weighted by Crippen LogP contribution is -2.12. The van der Waals surface area contributed by atoms with Crippen molar-refractivity contribution < 1.29 is 9.59 Å². The van der Waals surface area contributed by atoms with Crippen LogP contribution in [0.5, 0.6) is 0 Å². The van der Waals surface area contributed by atoms with Crippen molar-refractivity contribution in [1.29, 1.82) is 0 Å². The van der Waals surface area contributed by atoms with Gasteiger partial charge in [0.05, 0.1) is 0 Å². The molecule has 7 heteroatoms. The van der Waals surface area contributed by atoms with E-state index in [1.165, 1.54) is 18.7 Å². The minimum Gasteiger partial charge on any atom is -0.326 e. The van der Waals surface area contributed by atoms with Gasteiger partial charge in [-0.2, -0.15) is 0 Å². The van der Waals surface area contributed by atoms with Crippen molar-refractivity contribution in [2.24, 2.45) is 0 Å². The van der Waals surface area contributed by atoms with Crippen LogP contribution in [0.15, 0.2) is 47.9 Å². The van der Waals surface area contributed by atoms with Crippen LogP contribution in [0.25, 0.3) is 0 Å². The van der Waals surface area contributed by atoms with Gasteiger partial charge in [0.1, 0.15) is 0 Å². The first-order chi connectivity index (χ1) is 10.6. The third-order valence-corrected chi connectivity index (χ3v) is 3.47. The predicted octanol–water partition coefficient (Wildman–Crippen LogP) is 2.56. The molecule has 114 valence electrons. The Bertz CT molecular complexity index is 632. The second-order valence-corrected chi connectivity index (χ2v) is 5.50. The molecule has 6 nitrogen and oxygen atoms in total. The number of anilines is 2. The number of benzene rings is 1. The van der Waals surface area contributed by atoms with Crippen molar-refractivity contribution in [3.05, 3.63) is 42.7 Å². The first kappa shape index (κ1) is 16.0. The van der Waals surface area contributed by atoms with Crippen LogP contribution < -0.4 is 10.6 Å². The van der Waals surface area contributed by atoms with Gasteiger partial charge in [0.25, 0.3) is 0 Å². The Kier molecular flexibility index (Phi) is 5.91. The van der Waals surface area contributed by atoms with Crippen LogP contribution in [-0.2, 0) is 9.59 Å². The molecule has 0 aliphatic heterocycles. The lowest BCUT2D eigenvalue weighted by atomic mass is 10.2. The number of amides is 2. The number of hydrogen-bond acceptors (Lipinski definition) is 5. The Morgan fingerprint density at radius 1 is 1.05 bits per heavy atom. The average molecular weight is 316 g/mol. The molecule has 0 spiro atoms. The van der Waals surface area contributed by atoms with E-state index in [0.717, 1.165) is 0 Å². The first-order valence-electron chi connectivity index (χ1n) is 6.71. The maximum absolute atomic E-state index is 11.8. The molecular formula is C15H16N4O2S. The van der Waals surface area contributed by atoms with Crippen LogP contribution >= 0.6 is 11.8 Å². The minimum absolute atomic E-state index is 0.0734. The van der Waals surface area contributed by atoms with Gasteiger partial charge in [-0.3, -0.25) is 9.59 Å². The molecule has 1 aromatic carbocycles. The molecule has 2 rings (SSSR count). The first-order valence-corrected chi connectivity index (χ1v) is 7.69. The normalized spacial score (nSPS) is 10.0. The molecule has 0 saturated carbocycles. The maximum atomic E-state index is 11.8. The molecule has 1 heterocycles. The van der Waals surface area contributed by atoms with Gasteiger partial charge >= 0.3 is 0 Å². The number of thioether (sulfide) groups is 1. The summed E-state index contributed by atoms with van der Waals surface area (Å²) in [5.74, 6) is 0.410. The zero-order valence-electron chi connectivity index (χ0n) is 12.1. The Morgan fingerprint density at radius 3 is 2.23 bits per heavy atom. The summed E-state index contributed by atoms with van der Waals surface area (Å²) in [5, 5.41) is 6.13. The molecule has 2 amide bonds. The van der Waals surface area contributed by atoms with Gasteiger partial charge < -0.3 is 10.6 Å². The summed E-state index contributed by atoms with van der Waals surface area (Å²) in [6.45, 7) is 1.45. The number of nitrogens with zero attached hydrogens (tertiary/aromatic N) is 2. The SMILES string of the molecule is CC(=O)Nc1ccc(NC(=O)CCSc2ncccn2)cc1. The number of carbonyl (C=O) groups is 2. The van der Waals surface area contributed by atoms with Crippen molar-refractivity contribution in [3.8, 4) is 0 Å². The van der Waals surface area contributed by atoms with Gasteiger partial charge in [-0.25, -0.2) is 9.97 Å². The highest BCUT2D eigenvalue weighted by atomic mass is 32.2. The average Bonchev–Trinajstić information content (AvgIpc) is 2.50. The van der Waals surface area contributed by atoms with E-state index >= 15 is 0 Å². The fourth-order valence-electron chi connectivity index (χ4n) is 1.66. The number of carbonyl (C=O) groups excluding carboxylic acids is 2. The van der Waals surface area contributed by atoms with Gasteiger partial charge in [0.15, 0.2) is 5.16 Å². The monoisotopic (exact) mass is 316 g/mol. The summed E-state index contributed by atoms with van der Waals surface area (Å²) >= 11 is 1.44. The molecule has 0 aliphatic rings. The summed E-state index contributed by atoms with van der Waals surface area (Å²) in [5.41, 5.74) is 1.39. The zero-order chi connectivity index (χ0) is 15.8. The van der Waals surface area contributed by atoms with Crippen molar-refractivity contribution in [2.75, 3.05) is 16.4 Å². The third-order valence-electron chi connectivity index (χ3n) is 2.59. The van der Waals surface area contributed by atoms with Crippen LogP contribution in [0.3, 0.4) is 0 Å². The van der Waals surface area contributed by atoms with E-state index in [4.69, 9.17) is 0 Å². The van der Waals surface area contributed by atoms with Crippen LogP contribution in [0.4, 0.5) is 11.4 Å².